The van der Waals surface area contributed by atoms with Gasteiger partial charge < -0.3 is 20.5 Å². The molecule has 1 aromatic carbocycles. The van der Waals surface area contributed by atoms with E-state index in [4.69, 9.17) is 15.2 Å². The van der Waals surface area contributed by atoms with Crippen LogP contribution in [0.25, 0.3) is 0 Å². The lowest BCUT2D eigenvalue weighted by molar-refractivity contribution is -0.0436. The quantitative estimate of drug-likeness (QED) is 0.245. The molecule has 0 saturated carbocycles. The van der Waals surface area contributed by atoms with Crippen molar-refractivity contribution in [1.29, 1.82) is 0 Å². The Kier molecular flexibility index (Phi) is 10.1. The number of nitrogens with one attached hydrogen (secondary N) is 1. The van der Waals surface area contributed by atoms with Gasteiger partial charge in [0.05, 0.1) is 24.6 Å². The van der Waals surface area contributed by atoms with Gasteiger partial charge in [0.25, 0.3) is 9.84 Å². The summed E-state index contributed by atoms with van der Waals surface area (Å²) in [5.74, 6) is 0.440. The summed E-state index contributed by atoms with van der Waals surface area (Å²) in [4.78, 5) is 3.11. The van der Waals surface area contributed by atoms with Crippen LogP contribution in [-0.4, -0.2) is 53.3 Å². The number of rotatable bonds is 8. The maximum Gasteiger partial charge on any atom is 0.501 e. The van der Waals surface area contributed by atoms with Gasteiger partial charge in [0, 0.05) is 7.11 Å². The molecule has 3 N–H and O–H groups in total. The molecule has 144 valence electrons. The summed E-state index contributed by atoms with van der Waals surface area (Å²) in [6, 6.07) is 3.97. The zero-order chi connectivity index (χ0) is 18.2. The van der Waals surface area contributed by atoms with Gasteiger partial charge in [-0.25, -0.2) is 8.42 Å². The van der Waals surface area contributed by atoms with Crippen molar-refractivity contribution in [1.82, 2.24) is 5.32 Å². The standard InChI is InChI=1S/C13H18F3N3O4S.HI/c1-22-8-6-18-12(17)19-7-9-23-10-2-4-11(5-3-10)24(20,21)13(14,15)16;/h2-5H,6-9H2,1H3,(H3,17,18,19);1H. The molecule has 0 heterocycles. The van der Waals surface area contributed by atoms with Crippen molar-refractivity contribution >= 4 is 39.8 Å². The van der Waals surface area contributed by atoms with Crippen LogP contribution in [-0.2, 0) is 14.6 Å². The van der Waals surface area contributed by atoms with E-state index in [9.17, 15) is 21.6 Å². The summed E-state index contributed by atoms with van der Waals surface area (Å²) in [6.45, 7) is 1.31. The average Bonchev–Trinajstić information content (AvgIpc) is 2.51. The third-order valence-electron chi connectivity index (χ3n) is 2.69. The molecule has 0 aromatic heterocycles. The van der Waals surface area contributed by atoms with Crippen LogP contribution >= 0.6 is 24.0 Å². The topological polar surface area (TPSA) is 103 Å². The first-order valence-corrected chi connectivity index (χ1v) is 8.23. The number of aliphatic imine (C=N–C) groups is 1. The van der Waals surface area contributed by atoms with Gasteiger partial charge in [0.1, 0.15) is 12.4 Å². The number of methoxy groups -OCH3 is 1. The smallest absolute Gasteiger partial charge is 0.492 e. The van der Waals surface area contributed by atoms with Gasteiger partial charge in [0.2, 0.25) is 0 Å². The van der Waals surface area contributed by atoms with Crippen molar-refractivity contribution in [2.45, 2.75) is 10.4 Å². The van der Waals surface area contributed by atoms with Gasteiger partial charge in [-0.1, -0.05) is 0 Å². The molecule has 7 nitrogen and oxygen atoms in total. The lowest BCUT2D eigenvalue weighted by Gasteiger charge is -2.10. The van der Waals surface area contributed by atoms with Crippen LogP contribution in [0.5, 0.6) is 5.75 Å². The van der Waals surface area contributed by atoms with Crippen LogP contribution < -0.4 is 15.8 Å². The molecule has 0 spiro atoms. The zero-order valence-electron chi connectivity index (χ0n) is 13.2. The van der Waals surface area contributed by atoms with E-state index < -0.39 is 20.2 Å². The van der Waals surface area contributed by atoms with Crippen LogP contribution in [0.15, 0.2) is 34.2 Å². The maximum atomic E-state index is 12.4. The molecular formula is C13H19F3IN3O4S. The van der Waals surface area contributed by atoms with Crippen molar-refractivity contribution in [2.75, 3.05) is 33.4 Å². The normalized spacial score (nSPS) is 12.4. The van der Waals surface area contributed by atoms with Crippen molar-refractivity contribution in [3.05, 3.63) is 24.3 Å². The first-order valence-electron chi connectivity index (χ1n) is 6.75. The highest BCUT2D eigenvalue weighted by molar-refractivity contribution is 14.0. The zero-order valence-corrected chi connectivity index (χ0v) is 16.4. The van der Waals surface area contributed by atoms with Crippen LogP contribution in [0.2, 0.25) is 0 Å². The predicted molar refractivity (Wildman–Crippen MR) is 97.0 cm³/mol. The molecule has 25 heavy (non-hydrogen) atoms. The number of guanidine groups is 1. The summed E-state index contributed by atoms with van der Waals surface area (Å²) in [5, 5.41) is 2.77. The lowest BCUT2D eigenvalue weighted by Crippen LogP contribution is -2.35. The maximum absolute atomic E-state index is 12.4. The number of halogens is 4. The van der Waals surface area contributed by atoms with Gasteiger partial charge in [-0.05, 0) is 24.3 Å². The van der Waals surface area contributed by atoms with E-state index in [1.807, 2.05) is 0 Å². The van der Waals surface area contributed by atoms with E-state index >= 15 is 0 Å². The molecule has 1 aromatic rings. The number of sulfone groups is 1. The minimum atomic E-state index is -5.35. The third-order valence-corrected chi connectivity index (χ3v) is 4.20. The average molecular weight is 497 g/mol. The molecule has 0 bridgehead atoms. The molecule has 0 atom stereocenters. The summed E-state index contributed by atoms with van der Waals surface area (Å²) < 4.78 is 69.6. The molecule has 0 aliphatic rings. The Morgan fingerprint density at radius 1 is 1.24 bits per heavy atom. The minimum absolute atomic E-state index is 0. The van der Waals surface area contributed by atoms with Crippen molar-refractivity contribution in [2.24, 2.45) is 10.7 Å². The number of alkyl halides is 3. The first kappa shape index (κ1) is 23.7. The molecule has 0 aliphatic carbocycles. The highest BCUT2D eigenvalue weighted by atomic mass is 127. The van der Waals surface area contributed by atoms with Crippen molar-refractivity contribution in [3.63, 3.8) is 0 Å². The summed E-state index contributed by atoms with van der Waals surface area (Å²) in [5.41, 5.74) is 0.223. The van der Waals surface area contributed by atoms with Gasteiger partial charge in [0.15, 0.2) is 5.96 Å². The van der Waals surface area contributed by atoms with Crippen molar-refractivity contribution < 1.29 is 31.1 Å². The van der Waals surface area contributed by atoms with E-state index in [0.717, 1.165) is 24.3 Å². The second-order valence-corrected chi connectivity index (χ2v) is 6.40. The second kappa shape index (κ2) is 10.7. The highest BCUT2D eigenvalue weighted by Gasteiger charge is 2.46. The van der Waals surface area contributed by atoms with Gasteiger partial charge >= 0.3 is 5.51 Å². The summed E-state index contributed by atoms with van der Waals surface area (Å²) in [6.07, 6.45) is 0. The second-order valence-electron chi connectivity index (χ2n) is 4.46. The van der Waals surface area contributed by atoms with Gasteiger partial charge in [-0.2, -0.15) is 13.2 Å². The number of ether oxygens (including phenoxy) is 2. The first-order chi connectivity index (χ1) is 11.2. The van der Waals surface area contributed by atoms with Crippen LogP contribution in [0.3, 0.4) is 0 Å². The monoisotopic (exact) mass is 497 g/mol. The fourth-order valence-electron chi connectivity index (χ4n) is 1.51. The number of nitrogens with zero attached hydrogens (tertiary/aromatic N) is 1. The van der Waals surface area contributed by atoms with Gasteiger partial charge in [-0.3, -0.25) is 4.99 Å². The molecule has 0 fully saturated rings. The minimum Gasteiger partial charge on any atom is -0.492 e. The lowest BCUT2D eigenvalue weighted by atomic mass is 10.3. The Labute approximate surface area is 160 Å². The SMILES string of the molecule is COCCN=C(N)NCCOc1ccc(S(=O)(=O)C(F)(F)F)cc1.I. The Morgan fingerprint density at radius 3 is 2.36 bits per heavy atom. The van der Waals surface area contributed by atoms with E-state index in [-0.39, 0.29) is 42.3 Å². The Bertz CT molecular complexity index is 651. The number of hydrogen-bond acceptors (Lipinski definition) is 5. The van der Waals surface area contributed by atoms with Crippen LogP contribution in [0.4, 0.5) is 13.2 Å². The fourth-order valence-corrected chi connectivity index (χ4v) is 2.27. The molecule has 0 amide bonds. The van der Waals surface area contributed by atoms with Crippen LogP contribution in [0, 0.1) is 0 Å². The largest absolute Gasteiger partial charge is 0.501 e. The van der Waals surface area contributed by atoms with Crippen LogP contribution in [0.1, 0.15) is 0 Å². The molecule has 1 rings (SSSR count). The number of nitrogens with two attached hydrogens (primary N) is 1. The Balaban J connectivity index is 0.00000576. The Morgan fingerprint density at radius 2 is 1.84 bits per heavy atom. The molecule has 12 heteroatoms. The predicted octanol–water partition coefficient (Wildman–Crippen LogP) is 1.53. The number of hydrogen-bond donors (Lipinski definition) is 2. The molecule has 0 unspecified atom stereocenters. The summed E-state index contributed by atoms with van der Waals surface area (Å²) >= 11 is 0. The molecule has 0 radical (unpaired) electrons. The fraction of sp³-hybridized carbons (Fsp3) is 0.462. The van der Waals surface area contributed by atoms with E-state index in [2.05, 4.69) is 10.3 Å². The van der Waals surface area contributed by atoms with Gasteiger partial charge in [-0.15, -0.1) is 24.0 Å². The Hall–Kier alpha value is -1.28. The van der Waals surface area contributed by atoms with E-state index in [0.29, 0.717) is 19.7 Å². The van der Waals surface area contributed by atoms with Crippen molar-refractivity contribution in [3.8, 4) is 5.75 Å². The molecule has 0 aliphatic heterocycles. The number of benzene rings is 1. The van der Waals surface area contributed by atoms with E-state index in [1.165, 1.54) is 7.11 Å². The summed E-state index contributed by atoms with van der Waals surface area (Å²) in [7, 11) is -3.81. The molecular weight excluding hydrogens is 478 g/mol. The van der Waals surface area contributed by atoms with E-state index in [1.54, 1.807) is 0 Å². The molecule has 0 saturated heterocycles. The highest BCUT2D eigenvalue weighted by Crippen LogP contribution is 2.30. The third kappa shape index (κ3) is 7.64.